The highest BCUT2D eigenvalue weighted by Crippen LogP contribution is 2.22. The van der Waals surface area contributed by atoms with E-state index >= 15 is 0 Å². The second kappa shape index (κ2) is 4.32. The van der Waals surface area contributed by atoms with Gasteiger partial charge in [-0.05, 0) is 24.6 Å². The third kappa shape index (κ3) is 4.09. The van der Waals surface area contributed by atoms with Gasteiger partial charge in [0.15, 0.2) is 5.75 Å². The molecule has 89 valence electrons. The van der Waals surface area contributed by atoms with Crippen LogP contribution in [-0.2, 0) is 10.1 Å². The van der Waals surface area contributed by atoms with Crippen LogP contribution in [-0.4, -0.2) is 20.3 Å². The summed E-state index contributed by atoms with van der Waals surface area (Å²) in [4.78, 5) is 0. The van der Waals surface area contributed by atoms with Gasteiger partial charge >= 0.3 is 16.3 Å². The Morgan fingerprint density at radius 3 is 2.56 bits per heavy atom. The SMILES string of the molecule is Cc1cc[c]cc1OS(=O)(=O)CC(F)(F)F. The van der Waals surface area contributed by atoms with E-state index in [2.05, 4.69) is 10.2 Å². The van der Waals surface area contributed by atoms with Gasteiger partial charge in [-0.3, -0.25) is 0 Å². The van der Waals surface area contributed by atoms with E-state index in [0.29, 0.717) is 5.56 Å². The fraction of sp³-hybridized carbons (Fsp3) is 0.333. The van der Waals surface area contributed by atoms with Gasteiger partial charge in [0.25, 0.3) is 0 Å². The van der Waals surface area contributed by atoms with Gasteiger partial charge in [0, 0.05) is 0 Å². The molecular formula is C9H8F3O3S. The highest BCUT2D eigenvalue weighted by molar-refractivity contribution is 7.87. The molecule has 0 amide bonds. The Balaban J connectivity index is 2.86. The number of rotatable bonds is 3. The van der Waals surface area contributed by atoms with Crippen LogP contribution in [0, 0.1) is 13.0 Å². The van der Waals surface area contributed by atoms with Gasteiger partial charge in [-0.1, -0.05) is 12.1 Å². The lowest BCUT2D eigenvalue weighted by molar-refractivity contribution is -0.107. The number of alkyl halides is 3. The minimum Gasteiger partial charge on any atom is -0.382 e. The number of halogens is 3. The quantitative estimate of drug-likeness (QED) is 0.774. The Hall–Kier alpha value is -1.24. The molecule has 16 heavy (non-hydrogen) atoms. The fourth-order valence-corrected chi connectivity index (χ4v) is 1.86. The summed E-state index contributed by atoms with van der Waals surface area (Å²) in [6, 6.07) is 6.67. The molecule has 1 rings (SSSR count). The van der Waals surface area contributed by atoms with Crippen molar-refractivity contribution in [2.45, 2.75) is 13.1 Å². The molecule has 1 aromatic carbocycles. The predicted molar refractivity (Wildman–Crippen MR) is 50.5 cm³/mol. The molecule has 7 heteroatoms. The van der Waals surface area contributed by atoms with Crippen LogP contribution in [0.25, 0.3) is 0 Å². The third-order valence-electron chi connectivity index (χ3n) is 1.59. The minimum absolute atomic E-state index is 0.147. The largest absolute Gasteiger partial charge is 0.406 e. The molecule has 0 N–H and O–H groups in total. The monoisotopic (exact) mass is 253 g/mol. The van der Waals surface area contributed by atoms with Crippen LogP contribution in [0.15, 0.2) is 18.2 Å². The van der Waals surface area contributed by atoms with E-state index in [-0.39, 0.29) is 5.75 Å². The summed E-state index contributed by atoms with van der Waals surface area (Å²) < 4.78 is 62.0. The maximum atomic E-state index is 11.9. The highest BCUT2D eigenvalue weighted by Gasteiger charge is 2.36. The van der Waals surface area contributed by atoms with Crippen LogP contribution in [0.4, 0.5) is 13.2 Å². The predicted octanol–water partition coefficient (Wildman–Crippen LogP) is 2.07. The van der Waals surface area contributed by atoms with Crippen LogP contribution in [0.5, 0.6) is 5.75 Å². The first-order chi connectivity index (χ1) is 7.20. The summed E-state index contributed by atoms with van der Waals surface area (Å²) >= 11 is 0. The van der Waals surface area contributed by atoms with Crippen molar-refractivity contribution in [1.82, 2.24) is 0 Å². The molecule has 0 heterocycles. The molecule has 0 atom stereocenters. The van der Waals surface area contributed by atoms with E-state index in [1.807, 2.05) is 0 Å². The molecular weight excluding hydrogens is 245 g/mol. The number of aryl methyl sites for hydroxylation is 1. The van der Waals surface area contributed by atoms with E-state index in [0.717, 1.165) is 0 Å². The second-order valence-electron chi connectivity index (χ2n) is 3.09. The summed E-state index contributed by atoms with van der Waals surface area (Å²) in [5.41, 5.74) is 0.421. The molecule has 0 bridgehead atoms. The Morgan fingerprint density at radius 1 is 1.44 bits per heavy atom. The van der Waals surface area contributed by atoms with Crippen LogP contribution in [0.1, 0.15) is 5.56 Å². The van der Waals surface area contributed by atoms with Crippen molar-refractivity contribution in [3.63, 3.8) is 0 Å². The molecule has 0 aliphatic heterocycles. The number of hydrogen-bond acceptors (Lipinski definition) is 3. The topological polar surface area (TPSA) is 43.4 Å². The van der Waals surface area contributed by atoms with E-state index in [4.69, 9.17) is 0 Å². The molecule has 1 radical (unpaired) electrons. The first kappa shape index (κ1) is 12.8. The maximum absolute atomic E-state index is 11.9. The van der Waals surface area contributed by atoms with Crippen molar-refractivity contribution >= 4 is 10.1 Å². The summed E-state index contributed by atoms with van der Waals surface area (Å²) in [5.74, 6) is -2.15. The van der Waals surface area contributed by atoms with Crippen molar-refractivity contribution in [2.75, 3.05) is 5.75 Å². The average Bonchev–Trinajstić information content (AvgIpc) is 2.04. The van der Waals surface area contributed by atoms with Crippen molar-refractivity contribution in [2.24, 2.45) is 0 Å². The Bertz CT molecular complexity index is 465. The standard InChI is InChI=1S/C9H8F3O3S/c1-7-4-2-3-5-8(7)15-16(13,14)6-9(10,11)12/h2,4-5H,6H2,1H3. The zero-order valence-electron chi connectivity index (χ0n) is 8.21. The molecule has 0 spiro atoms. The number of benzene rings is 1. The molecule has 0 fully saturated rings. The van der Waals surface area contributed by atoms with Gasteiger partial charge in [0.05, 0.1) is 0 Å². The Labute approximate surface area is 91.0 Å². The van der Waals surface area contributed by atoms with E-state index in [1.54, 1.807) is 0 Å². The zero-order chi connectivity index (χ0) is 12.4. The Morgan fingerprint density at radius 2 is 2.06 bits per heavy atom. The van der Waals surface area contributed by atoms with Crippen molar-refractivity contribution in [3.05, 3.63) is 29.8 Å². The van der Waals surface area contributed by atoms with Crippen molar-refractivity contribution < 1.29 is 25.8 Å². The smallest absolute Gasteiger partial charge is 0.382 e. The highest BCUT2D eigenvalue weighted by atomic mass is 32.2. The van der Waals surface area contributed by atoms with Crippen LogP contribution >= 0.6 is 0 Å². The van der Waals surface area contributed by atoms with Gasteiger partial charge in [-0.15, -0.1) is 0 Å². The van der Waals surface area contributed by atoms with Crippen LogP contribution in [0.2, 0.25) is 0 Å². The second-order valence-corrected chi connectivity index (χ2v) is 4.66. The molecule has 0 saturated carbocycles. The molecule has 0 unspecified atom stereocenters. The van der Waals surface area contributed by atoms with E-state index < -0.39 is 22.0 Å². The first-order valence-electron chi connectivity index (χ1n) is 4.15. The lowest BCUT2D eigenvalue weighted by Crippen LogP contribution is -2.26. The maximum Gasteiger partial charge on any atom is 0.406 e. The molecule has 0 aliphatic rings. The molecule has 0 saturated heterocycles. The van der Waals surface area contributed by atoms with Gasteiger partial charge in [0.1, 0.15) is 5.75 Å². The van der Waals surface area contributed by atoms with Gasteiger partial charge < -0.3 is 4.18 Å². The van der Waals surface area contributed by atoms with Crippen molar-refractivity contribution in [1.29, 1.82) is 0 Å². The first-order valence-corrected chi connectivity index (χ1v) is 5.73. The van der Waals surface area contributed by atoms with E-state index in [1.165, 1.54) is 25.1 Å². The average molecular weight is 253 g/mol. The summed E-state index contributed by atoms with van der Waals surface area (Å²) in [7, 11) is -4.66. The fourth-order valence-electron chi connectivity index (χ4n) is 0.949. The summed E-state index contributed by atoms with van der Waals surface area (Å²) in [6.45, 7) is 1.52. The summed E-state index contributed by atoms with van der Waals surface area (Å²) in [5, 5.41) is 0. The lowest BCUT2D eigenvalue weighted by atomic mass is 10.2. The van der Waals surface area contributed by atoms with E-state index in [9.17, 15) is 21.6 Å². The molecule has 3 nitrogen and oxygen atoms in total. The van der Waals surface area contributed by atoms with Gasteiger partial charge in [-0.2, -0.15) is 21.6 Å². The van der Waals surface area contributed by atoms with Crippen LogP contribution < -0.4 is 4.18 Å². The van der Waals surface area contributed by atoms with Crippen LogP contribution in [0.3, 0.4) is 0 Å². The summed E-state index contributed by atoms with van der Waals surface area (Å²) in [6.07, 6.45) is -4.81. The molecule has 0 aromatic heterocycles. The van der Waals surface area contributed by atoms with Gasteiger partial charge in [-0.25, -0.2) is 0 Å². The number of hydrogen-bond donors (Lipinski definition) is 0. The molecule has 1 aromatic rings. The lowest BCUT2D eigenvalue weighted by Gasteiger charge is -2.10. The zero-order valence-corrected chi connectivity index (χ0v) is 9.02. The normalized spacial score (nSPS) is 12.5. The molecule has 0 aliphatic carbocycles. The van der Waals surface area contributed by atoms with Crippen molar-refractivity contribution in [3.8, 4) is 5.75 Å². The minimum atomic E-state index is -4.81. The van der Waals surface area contributed by atoms with Gasteiger partial charge in [0.2, 0.25) is 0 Å². The third-order valence-corrected chi connectivity index (χ3v) is 2.70. The Kier molecular flexibility index (Phi) is 3.47.